The molecule has 0 radical (unpaired) electrons. The van der Waals surface area contributed by atoms with Crippen LogP contribution >= 0.6 is 0 Å². The maximum atomic E-state index is 5.65. The fourth-order valence-corrected chi connectivity index (χ4v) is 4.54. The van der Waals surface area contributed by atoms with Gasteiger partial charge in [-0.15, -0.1) is 0 Å². The van der Waals surface area contributed by atoms with Gasteiger partial charge in [0.2, 0.25) is 0 Å². The molecule has 32 heavy (non-hydrogen) atoms. The summed E-state index contributed by atoms with van der Waals surface area (Å²) in [7, 11) is 1.83. The highest BCUT2D eigenvalue weighted by Gasteiger charge is 2.24. The van der Waals surface area contributed by atoms with Gasteiger partial charge in [-0.25, -0.2) is 4.98 Å². The second-order valence-corrected chi connectivity index (χ2v) is 8.71. The maximum absolute atomic E-state index is 5.65. The molecular formula is C25H36N6O. The Kier molecular flexibility index (Phi) is 7.96. The van der Waals surface area contributed by atoms with Gasteiger partial charge in [0.1, 0.15) is 5.82 Å². The molecule has 172 valence electrons. The minimum absolute atomic E-state index is 0.243. The van der Waals surface area contributed by atoms with E-state index in [1.54, 1.807) is 0 Å². The summed E-state index contributed by atoms with van der Waals surface area (Å²) >= 11 is 0. The lowest BCUT2D eigenvalue weighted by Crippen LogP contribution is -2.44. The number of hydrogen-bond acceptors (Lipinski definition) is 5. The van der Waals surface area contributed by atoms with E-state index in [2.05, 4.69) is 79.8 Å². The number of anilines is 1. The van der Waals surface area contributed by atoms with Crippen molar-refractivity contribution >= 4 is 11.8 Å². The molecule has 2 N–H and O–H groups in total. The minimum atomic E-state index is 0.243. The van der Waals surface area contributed by atoms with E-state index in [9.17, 15) is 0 Å². The summed E-state index contributed by atoms with van der Waals surface area (Å²) in [5, 5.41) is 7.00. The van der Waals surface area contributed by atoms with Crippen LogP contribution in [0.5, 0.6) is 0 Å². The molecule has 0 spiro atoms. The zero-order valence-electron chi connectivity index (χ0n) is 19.3. The lowest BCUT2D eigenvalue weighted by atomic mass is 10.2. The molecule has 0 bridgehead atoms. The molecule has 7 nitrogen and oxygen atoms in total. The third kappa shape index (κ3) is 6.20. The first-order chi connectivity index (χ1) is 15.7. The van der Waals surface area contributed by atoms with Crippen molar-refractivity contribution in [3.63, 3.8) is 0 Å². The average Bonchev–Trinajstić information content (AvgIpc) is 3.27. The Morgan fingerprint density at radius 2 is 2.03 bits per heavy atom. The van der Waals surface area contributed by atoms with E-state index in [1.165, 1.54) is 24.0 Å². The zero-order chi connectivity index (χ0) is 22.2. The number of aliphatic imine (C=N–C) groups is 1. The Labute approximate surface area is 191 Å². The molecule has 2 aliphatic rings. The largest absolute Gasteiger partial charge is 0.375 e. The van der Waals surface area contributed by atoms with Crippen molar-refractivity contribution < 1.29 is 4.74 Å². The Morgan fingerprint density at radius 1 is 1.16 bits per heavy atom. The fraction of sp³-hybridized carbons (Fsp3) is 0.520. The van der Waals surface area contributed by atoms with E-state index in [0.29, 0.717) is 12.6 Å². The second kappa shape index (κ2) is 11.3. The summed E-state index contributed by atoms with van der Waals surface area (Å²) in [6.45, 7) is 8.43. The summed E-state index contributed by atoms with van der Waals surface area (Å²) in [6.07, 6.45) is 4.61. The van der Waals surface area contributed by atoms with Gasteiger partial charge in [0, 0.05) is 52.0 Å². The first kappa shape index (κ1) is 22.6. The summed E-state index contributed by atoms with van der Waals surface area (Å²) < 4.78 is 5.65. The monoisotopic (exact) mass is 436 g/mol. The Bertz CT molecular complexity index is 874. The van der Waals surface area contributed by atoms with Crippen LogP contribution < -0.4 is 15.5 Å². The zero-order valence-corrected chi connectivity index (χ0v) is 19.3. The van der Waals surface area contributed by atoms with Crippen molar-refractivity contribution in [2.24, 2.45) is 4.99 Å². The van der Waals surface area contributed by atoms with Crippen molar-refractivity contribution in [2.75, 3.05) is 44.7 Å². The summed E-state index contributed by atoms with van der Waals surface area (Å²) in [6, 6.07) is 15.5. The van der Waals surface area contributed by atoms with Crippen LogP contribution in [0, 0.1) is 0 Å². The molecule has 2 aliphatic heterocycles. The SMILES string of the molecule is CN=C(NCc1ccnc(N2CCOC(C)C2)c1)NCC1CCCN1Cc1ccccc1. The summed E-state index contributed by atoms with van der Waals surface area (Å²) in [4.78, 5) is 13.9. The van der Waals surface area contributed by atoms with Crippen molar-refractivity contribution in [1.29, 1.82) is 0 Å². The summed E-state index contributed by atoms with van der Waals surface area (Å²) in [5.74, 6) is 1.86. The van der Waals surface area contributed by atoms with E-state index in [0.717, 1.165) is 51.1 Å². The molecule has 1 aromatic carbocycles. The highest BCUT2D eigenvalue weighted by atomic mass is 16.5. The predicted octanol–water partition coefficient (Wildman–Crippen LogP) is 2.64. The number of nitrogens with zero attached hydrogens (tertiary/aromatic N) is 4. The first-order valence-electron chi connectivity index (χ1n) is 11.8. The molecule has 7 heteroatoms. The third-order valence-corrected chi connectivity index (χ3v) is 6.29. The lowest BCUT2D eigenvalue weighted by molar-refractivity contribution is 0.0529. The van der Waals surface area contributed by atoms with Crippen LogP contribution in [0.25, 0.3) is 0 Å². The van der Waals surface area contributed by atoms with E-state index in [1.807, 2.05) is 13.2 Å². The van der Waals surface area contributed by atoms with Gasteiger partial charge in [-0.3, -0.25) is 9.89 Å². The van der Waals surface area contributed by atoms with Gasteiger partial charge < -0.3 is 20.3 Å². The molecule has 2 aromatic rings. The standard InChI is InChI=1S/C25H36N6O/c1-20-18-31(13-14-32-20)24-15-22(10-11-27-24)16-28-25(26-2)29-17-23-9-6-12-30(23)19-21-7-4-3-5-8-21/h3-5,7-8,10-11,15,20,23H,6,9,12-14,16-19H2,1-2H3,(H2,26,28,29). The molecule has 0 saturated carbocycles. The molecule has 2 atom stereocenters. The van der Waals surface area contributed by atoms with Gasteiger partial charge in [0.05, 0.1) is 12.7 Å². The average molecular weight is 437 g/mol. The molecule has 2 fully saturated rings. The van der Waals surface area contributed by atoms with E-state index >= 15 is 0 Å². The number of guanidine groups is 1. The number of benzene rings is 1. The van der Waals surface area contributed by atoms with Crippen LogP contribution in [0.3, 0.4) is 0 Å². The predicted molar refractivity (Wildman–Crippen MR) is 130 cm³/mol. The molecular weight excluding hydrogens is 400 g/mol. The van der Waals surface area contributed by atoms with Gasteiger partial charge in [-0.05, 0) is 49.6 Å². The topological polar surface area (TPSA) is 65.0 Å². The first-order valence-corrected chi connectivity index (χ1v) is 11.8. The van der Waals surface area contributed by atoms with Crippen molar-refractivity contribution in [3.05, 3.63) is 59.8 Å². The molecule has 2 unspecified atom stereocenters. The number of pyridine rings is 1. The van der Waals surface area contributed by atoms with Crippen LogP contribution in [0.4, 0.5) is 5.82 Å². The summed E-state index contributed by atoms with van der Waals surface area (Å²) in [5.41, 5.74) is 2.58. The van der Waals surface area contributed by atoms with Gasteiger partial charge >= 0.3 is 0 Å². The van der Waals surface area contributed by atoms with Gasteiger partial charge in [0.25, 0.3) is 0 Å². The highest BCUT2D eigenvalue weighted by Crippen LogP contribution is 2.20. The molecule has 1 aromatic heterocycles. The number of aromatic nitrogens is 1. The number of nitrogens with one attached hydrogen (secondary N) is 2. The van der Waals surface area contributed by atoms with Crippen molar-refractivity contribution in [2.45, 2.75) is 45.0 Å². The van der Waals surface area contributed by atoms with E-state index in [4.69, 9.17) is 4.74 Å². The third-order valence-electron chi connectivity index (χ3n) is 6.29. The van der Waals surface area contributed by atoms with E-state index < -0.39 is 0 Å². The molecule has 0 amide bonds. The number of ether oxygens (including phenoxy) is 1. The molecule has 3 heterocycles. The number of rotatable bonds is 7. The fourth-order valence-electron chi connectivity index (χ4n) is 4.54. The second-order valence-electron chi connectivity index (χ2n) is 8.71. The Morgan fingerprint density at radius 3 is 2.84 bits per heavy atom. The normalized spacial score (nSPS) is 22.2. The number of hydrogen-bond donors (Lipinski definition) is 2. The molecule has 4 rings (SSSR count). The van der Waals surface area contributed by atoms with E-state index in [-0.39, 0.29) is 6.10 Å². The van der Waals surface area contributed by atoms with Crippen LogP contribution in [-0.4, -0.2) is 67.8 Å². The number of likely N-dealkylation sites (tertiary alicyclic amines) is 1. The maximum Gasteiger partial charge on any atom is 0.191 e. The van der Waals surface area contributed by atoms with Gasteiger partial charge in [0.15, 0.2) is 5.96 Å². The molecule has 2 saturated heterocycles. The highest BCUT2D eigenvalue weighted by molar-refractivity contribution is 5.79. The number of morpholine rings is 1. The van der Waals surface area contributed by atoms with Gasteiger partial charge in [-0.1, -0.05) is 30.3 Å². The smallest absolute Gasteiger partial charge is 0.191 e. The molecule has 0 aliphatic carbocycles. The quantitative estimate of drug-likeness (QED) is 0.514. The lowest BCUT2D eigenvalue weighted by Gasteiger charge is -2.32. The van der Waals surface area contributed by atoms with Crippen molar-refractivity contribution in [3.8, 4) is 0 Å². The van der Waals surface area contributed by atoms with Gasteiger partial charge in [-0.2, -0.15) is 0 Å². The van der Waals surface area contributed by atoms with Crippen LogP contribution in [0.15, 0.2) is 53.7 Å². The Hall–Kier alpha value is -2.64. The van der Waals surface area contributed by atoms with Crippen LogP contribution in [0.2, 0.25) is 0 Å². The van der Waals surface area contributed by atoms with Crippen LogP contribution in [0.1, 0.15) is 30.9 Å². The Balaban J connectivity index is 1.26. The minimum Gasteiger partial charge on any atom is -0.375 e. The van der Waals surface area contributed by atoms with Crippen LogP contribution in [-0.2, 0) is 17.8 Å². The van der Waals surface area contributed by atoms with Crippen molar-refractivity contribution in [1.82, 2.24) is 20.5 Å².